The SMILES string of the molecule is N#Cc1ccc(Oc2nc[nH]c(=O)c2I)cc1F. The van der Waals surface area contributed by atoms with Crippen molar-refractivity contribution >= 4 is 22.6 Å². The van der Waals surface area contributed by atoms with E-state index in [9.17, 15) is 9.18 Å². The van der Waals surface area contributed by atoms with Crippen LogP contribution in [0.4, 0.5) is 4.39 Å². The number of hydrogen-bond acceptors (Lipinski definition) is 4. The molecule has 1 aromatic heterocycles. The zero-order chi connectivity index (χ0) is 13.1. The topological polar surface area (TPSA) is 78.8 Å². The van der Waals surface area contributed by atoms with E-state index >= 15 is 0 Å². The van der Waals surface area contributed by atoms with E-state index in [2.05, 4.69) is 9.97 Å². The van der Waals surface area contributed by atoms with E-state index in [1.165, 1.54) is 18.5 Å². The summed E-state index contributed by atoms with van der Waals surface area (Å²) in [5.41, 5.74) is -0.411. The summed E-state index contributed by atoms with van der Waals surface area (Å²) in [5.74, 6) is -0.430. The number of benzene rings is 1. The molecule has 1 aromatic carbocycles. The molecule has 0 bridgehead atoms. The van der Waals surface area contributed by atoms with E-state index in [0.717, 1.165) is 6.07 Å². The Hall–Kier alpha value is -1.95. The maximum Gasteiger partial charge on any atom is 0.268 e. The highest BCUT2D eigenvalue weighted by atomic mass is 127. The van der Waals surface area contributed by atoms with Crippen LogP contribution in [0.3, 0.4) is 0 Å². The molecule has 0 aliphatic carbocycles. The van der Waals surface area contributed by atoms with Crippen LogP contribution in [0.15, 0.2) is 29.3 Å². The first-order valence-corrected chi connectivity index (χ1v) is 5.80. The third kappa shape index (κ3) is 2.48. The molecule has 0 radical (unpaired) electrons. The van der Waals surface area contributed by atoms with Gasteiger partial charge in [-0.15, -0.1) is 0 Å². The number of nitriles is 1. The Kier molecular flexibility index (Phi) is 3.57. The summed E-state index contributed by atoms with van der Waals surface area (Å²) in [5, 5.41) is 8.59. The highest BCUT2D eigenvalue weighted by Gasteiger charge is 2.09. The lowest BCUT2D eigenvalue weighted by atomic mass is 10.2. The third-order valence-corrected chi connectivity index (χ3v) is 2.99. The van der Waals surface area contributed by atoms with Gasteiger partial charge in [0.1, 0.15) is 21.2 Å². The molecule has 0 aliphatic heterocycles. The first kappa shape index (κ1) is 12.5. The van der Waals surface area contributed by atoms with E-state index in [0.29, 0.717) is 0 Å². The molecule has 1 N–H and O–H groups in total. The summed E-state index contributed by atoms with van der Waals surface area (Å²) in [6.45, 7) is 0. The molecular weight excluding hydrogens is 352 g/mol. The van der Waals surface area contributed by atoms with Crippen molar-refractivity contribution < 1.29 is 9.13 Å². The second-order valence-electron chi connectivity index (χ2n) is 3.21. The number of nitrogens with zero attached hydrogens (tertiary/aromatic N) is 2. The van der Waals surface area contributed by atoms with Crippen LogP contribution < -0.4 is 10.3 Å². The summed E-state index contributed by atoms with van der Waals surface area (Å²) < 4.78 is 18.9. The smallest absolute Gasteiger partial charge is 0.268 e. The fourth-order valence-corrected chi connectivity index (χ4v) is 1.60. The van der Waals surface area contributed by atoms with Gasteiger partial charge in [-0.25, -0.2) is 9.37 Å². The number of rotatable bonds is 2. The van der Waals surface area contributed by atoms with Gasteiger partial charge in [-0.2, -0.15) is 5.26 Å². The molecule has 0 aliphatic rings. The molecule has 0 unspecified atom stereocenters. The van der Waals surface area contributed by atoms with Crippen molar-refractivity contribution in [2.45, 2.75) is 0 Å². The molecule has 2 aromatic rings. The fourth-order valence-electron chi connectivity index (χ4n) is 1.20. The van der Waals surface area contributed by atoms with Crippen LogP contribution in [0.5, 0.6) is 11.6 Å². The van der Waals surface area contributed by atoms with Crippen LogP contribution in [0.25, 0.3) is 0 Å². The Morgan fingerprint density at radius 2 is 2.28 bits per heavy atom. The van der Waals surface area contributed by atoms with Crippen LogP contribution in [-0.2, 0) is 0 Å². The second kappa shape index (κ2) is 5.14. The van der Waals surface area contributed by atoms with Crippen LogP contribution in [-0.4, -0.2) is 9.97 Å². The molecule has 2 rings (SSSR count). The number of aromatic nitrogens is 2. The Morgan fingerprint density at radius 3 is 2.94 bits per heavy atom. The molecular formula is C11H5FIN3O2. The zero-order valence-electron chi connectivity index (χ0n) is 8.78. The van der Waals surface area contributed by atoms with Gasteiger partial charge in [0.25, 0.3) is 5.56 Å². The van der Waals surface area contributed by atoms with Crippen molar-refractivity contribution in [2.24, 2.45) is 0 Å². The van der Waals surface area contributed by atoms with E-state index < -0.39 is 5.82 Å². The minimum Gasteiger partial charge on any atom is -0.438 e. The zero-order valence-corrected chi connectivity index (χ0v) is 10.9. The maximum absolute atomic E-state index is 13.3. The summed E-state index contributed by atoms with van der Waals surface area (Å²) in [4.78, 5) is 17.5. The molecule has 18 heavy (non-hydrogen) atoms. The minimum atomic E-state index is -0.685. The molecule has 0 amide bonds. The van der Waals surface area contributed by atoms with Crippen LogP contribution >= 0.6 is 22.6 Å². The lowest BCUT2D eigenvalue weighted by molar-refractivity contribution is 0.451. The average molecular weight is 357 g/mol. The summed E-state index contributed by atoms with van der Waals surface area (Å²) in [7, 11) is 0. The molecule has 0 atom stereocenters. The number of nitrogens with one attached hydrogen (secondary N) is 1. The summed E-state index contributed by atoms with van der Waals surface area (Å²) in [6.07, 6.45) is 1.19. The predicted octanol–water partition coefficient (Wildman–Crippen LogP) is 2.18. The number of aromatic amines is 1. The fraction of sp³-hybridized carbons (Fsp3) is 0. The number of ether oxygens (including phenoxy) is 1. The first-order chi connectivity index (χ1) is 8.61. The average Bonchev–Trinajstić information content (AvgIpc) is 2.35. The molecule has 90 valence electrons. The maximum atomic E-state index is 13.3. The second-order valence-corrected chi connectivity index (χ2v) is 4.29. The van der Waals surface area contributed by atoms with Crippen molar-refractivity contribution in [3.8, 4) is 17.7 Å². The highest BCUT2D eigenvalue weighted by Crippen LogP contribution is 2.23. The van der Waals surface area contributed by atoms with Crippen molar-refractivity contribution in [3.63, 3.8) is 0 Å². The van der Waals surface area contributed by atoms with Gasteiger partial charge in [-0.1, -0.05) is 0 Å². The van der Waals surface area contributed by atoms with Gasteiger partial charge in [0.05, 0.1) is 11.9 Å². The Labute approximate surface area is 114 Å². The quantitative estimate of drug-likeness (QED) is 0.836. The molecule has 0 fully saturated rings. The van der Waals surface area contributed by atoms with Crippen molar-refractivity contribution in [1.82, 2.24) is 9.97 Å². The van der Waals surface area contributed by atoms with Gasteiger partial charge in [0.15, 0.2) is 0 Å². The third-order valence-electron chi connectivity index (χ3n) is 2.04. The summed E-state index contributed by atoms with van der Waals surface area (Å²) in [6, 6.07) is 5.50. The first-order valence-electron chi connectivity index (χ1n) is 4.72. The summed E-state index contributed by atoms with van der Waals surface area (Å²) >= 11 is 1.78. The van der Waals surface area contributed by atoms with Crippen LogP contribution in [0.2, 0.25) is 0 Å². The lowest BCUT2D eigenvalue weighted by Gasteiger charge is -2.05. The Morgan fingerprint density at radius 1 is 1.50 bits per heavy atom. The molecule has 1 heterocycles. The lowest BCUT2D eigenvalue weighted by Crippen LogP contribution is -2.11. The van der Waals surface area contributed by atoms with Gasteiger partial charge in [-0.05, 0) is 34.7 Å². The number of halogens is 2. The van der Waals surface area contributed by atoms with E-state index in [1.54, 1.807) is 28.7 Å². The van der Waals surface area contributed by atoms with Gasteiger partial charge >= 0.3 is 0 Å². The molecule has 5 nitrogen and oxygen atoms in total. The Bertz CT molecular complexity index is 693. The molecule has 0 saturated carbocycles. The minimum absolute atomic E-state index is 0.0732. The monoisotopic (exact) mass is 357 g/mol. The normalized spacial score (nSPS) is 9.83. The van der Waals surface area contributed by atoms with Gasteiger partial charge in [-0.3, -0.25) is 4.79 Å². The Balaban J connectivity index is 2.35. The van der Waals surface area contributed by atoms with Crippen LogP contribution in [0.1, 0.15) is 5.56 Å². The van der Waals surface area contributed by atoms with Gasteiger partial charge in [0.2, 0.25) is 5.88 Å². The van der Waals surface area contributed by atoms with Crippen LogP contribution in [0, 0.1) is 20.7 Å². The number of hydrogen-bond donors (Lipinski definition) is 1. The van der Waals surface area contributed by atoms with E-state index in [1.807, 2.05) is 0 Å². The van der Waals surface area contributed by atoms with E-state index in [-0.39, 0.29) is 26.3 Å². The van der Waals surface area contributed by atoms with Crippen molar-refractivity contribution in [2.75, 3.05) is 0 Å². The predicted molar refractivity (Wildman–Crippen MR) is 68.8 cm³/mol. The van der Waals surface area contributed by atoms with E-state index in [4.69, 9.17) is 10.00 Å². The largest absolute Gasteiger partial charge is 0.438 e. The number of H-pyrrole nitrogens is 1. The van der Waals surface area contributed by atoms with Gasteiger partial charge in [0, 0.05) is 6.07 Å². The van der Waals surface area contributed by atoms with Gasteiger partial charge < -0.3 is 9.72 Å². The van der Waals surface area contributed by atoms with Crippen molar-refractivity contribution in [3.05, 3.63) is 49.8 Å². The molecule has 7 heteroatoms. The standard InChI is InChI=1S/C11H5FIN3O2/c12-8-3-7(2-1-6(8)4-14)18-11-9(13)10(17)15-5-16-11/h1-3,5H,(H,15,16,17). The van der Waals surface area contributed by atoms with Crippen molar-refractivity contribution in [1.29, 1.82) is 5.26 Å². The molecule has 0 spiro atoms. The molecule has 0 saturated heterocycles. The highest BCUT2D eigenvalue weighted by molar-refractivity contribution is 14.1.